The Kier molecular flexibility index (Phi) is 6.08. The molecule has 3 atom stereocenters. The Morgan fingerprint density at radius 3 is 2.80 bits per heavy atom. The number of hydrogen-bond acceptors (Lipinski definition) is 3. The number of hydrogen-bond donors (Lipinski definition) is 2. The van der Waals surface area contributed by atoms with Gasteiger partial charge in [0.15, 0.2) is 0 Å². The molecule has 0 saturated carbocycles. The molecule has 1 aromatic carbocycles. The average molecular weight is 343 g/mol. The Morgan fingerprint density at radius 1 is 1.28 bits per heavy atom. The second-order valence-corrected chi connectivity index (χ2v) is 7.36. The number of benzene rings is 1. The van der Waals surface area contributed by atoms with Gasteiger partial charge in [-0.3, -0.25) is 9.59 Å². The van der Waals surface area contributed by atoms with Gasteiger partial charge >= 0.3 is 0 Å². The number of nitrogens with zero attached hydrogens (tertiary/aromatic N) is 1. The summed E-state index contributed by atoms with van der Waals surface area (Å²) in [7, 11) is 0. The topological polar surface area (TPSA) is 61.4 Å². The van der Waals surface area contributed by atoms with E-state index in [-0.39, 0.29) is 17.9 Å². The third kappa shape index (κ3) is 4.60. The first-order valence-corrected chi connectivity index (χ1v) is 9.47. The van der Waals surface area contributed by atoms with Crippen molar-refractivity contribution in [2.24, 2.45) is 11.8 Å². The fraction of sp³-hybridized carbons (Fsp3) is 0.600. The van der Waals surface area contributed by atoms with Crippen molar-refractivity contribution in [3.05, 3.63) is 35.9 Å². The molecule has 136 valence electrons. The van der Waals surface area contributed by atoms with Crippen molar-refractivity contribution >= 4 is 11.8 Å². The minimum Gasteiger partial charge on any atom is -0.354 e. The second-order valence-electron chi connectivity index (χ2n) is 7.36. The number of piperidine rings is 1. The Labute approximate surface area is 150 Å². The molecule has 0 radical (unpaired) electrons. The maximum atomic E-state index is 13.1. The van der Waals surface area contributed by atoms with Crippen LogP contribution in [0, 0.1) is 11.8 Å². The molecule has 0 bridgehead atoms. The fourth-order valence-corrected chi connectivity index (χ4v) is 4.02. The van der Waals surface area contributed by atoms with Crippen LogP contribution in [0.2, 0.25) is 0 Å². The highest BCUT2D eigenvalue weighted by atomic mass is 16.2. The molecule has 0 aromatic heterocycles. The standard InChI is InChI=1S/C20H29N3O2/c1-15(17-8-5-9-21-14-17)12-20(25)23-11-10-22-19(24)13-18(23)16-6-3-2-4-7-16/h2-4,6-7,15,17-18,21H,5,8-14H2,1H3,(H,22,24). The number of rotatable bonds is 4. The number of carbonyl (C=O) groups is 2. The van der Waals surface area contributed by atoms with Crippen molar-refractivity contribution in [1.82, 2.24) is 15.5 Å². The number of carbonyl (C=O) groups excluding carboxylic acids is 2. The van der Waals surface area contributed by atoms with Crippen LogP contribution in [0.1, 0.15) is 44.2 Å². The van der Waals surface area contributed by atoms with Crippen LogP contribution < -0.4 is 10.6 Å². The van der Waals surface area contributed by atoms with E-state index in [9.17, 15) is 9.59 Å². The molecule has 0 spiro atoms. The summed E-state index contributed by atoms with van der Waals surface area (Å²) in [4.78, 5) is 27.0. The molecular weight excluding hydrogens is 314 g/mol. The Bertz CT molecular complexity index is 584. The van der Waals surface area contributed by atoms with Crippen molar-refractivity contribution in [2.75, 3.05) is 26.2 Å². The molecule has 2 amide bonds. The maximum Gasteiger partial charge on any atom is 0.223 e. The van der Waals surface area contributed by atoms with Crippen LogP contribution in [-0.2, 0) is 9.59 Å². The van der Waals surface area contributed by atoms with Crippen molar-refractivity contribution in [2.45, 2.75) is 38.6 Å². The van der Waals surface area contributed by atoms with Gasteiger partial charge in [0.1, 0.15) is 0 Å². The van der Waals surface area contributed by atoms with E-state index < -0.39 is 0 Å². The smallest absolute Gasteiger partial charge is 0.223 e. The van der Waals surface area contributed by atoms with Crippen LogP contribution in [0.25, 0.3) is 0 Å². The molecular formula is C20H29N3O2. The van der Waals surface area contributed by atoms with E-state index in [1.807, 2.05) is 35.2 Å². The van der Waals surface area contributed by atoms with Gasteiger partial charge in [0.05, 0.1) is 12.5 Å². The molecule has 2 saturated heterocycles. The van der Waals surface area contributed by atoms with E-state index in [4.69, 9.17) is 0 Å². The van der Waals surface area contributed by atoms with Gasteiger partial charge in [-0.25, -0.2) is 0 Å². The molecule has 1 aromatic rings. The number of amides is 2. The lowest BCUT2D eigenvalue weighted by Crippen LogP contribution is -2.39. The summed E-state index contributed by atoms with van der Waals surface area (Å²) in [6.45, 7) is 5.41. The molecule has 3 unspecified atom stereocenters. The molecule has 25 heavy (non-hydrogen) atoms. The monoisotopic (exact) mass is 343 g/mol. The van der Waals surface area contributed by atoms with Crippen LogP contribution in [0.5, 0.6) is 0 Å². The van der Waals surface area contributed by atoms with Crippen LogP contribution in [-0.4, -0.2) is 42.9 Å². The van der Waals surface area contributed by atoms with Crippen LogP contribution in [0.3, 0.4) is 0 Å². The van der Waals surface area contributed by atoms with Gasteiger partial charge < -0.3 is 15.5 Å². The van der Waals surface area contributed by atoms with Crippen molar-refractivity contribution in [3.63, 3.8) is 0 Å². The minimum atomic E-state index is -0.159. The molecule has 5 heteroatoms. The van der Waals surface area contributed by atoms with Crippen molar-refractivity contribution < 1.29 is 9.59 Å². The van der Waals surface area contributed by atoms with Crippen molar-refractivity contribution in [3.8, 4) is 0 Å². The predicted octanol–water partition coefficient (Wildman–Crippen LogP) is 2.10. The normalized spacial score (nSPS) is 25.8. The quantitative estimate of drug-likeness (QED) is 0.880. The highest BCUT2D eigenvalue weighted by Gasteiger charge is 2.31. The summed E-state index contributed by atoms with van der Waals surface area (Å²) in [6.07, 6.45) is 3.29. The van der Waals surface area contributed by atoms with Gasteiger partial charge in [-0.1, -0.05) is 37.3 Å². The SMILES string of the molecule is CC(CC(=O)N1CCNC(=O)CC1c1ccccc1)C1CCCNC1. The molecule has 2 N–H and O–H groups in total. The zero-order chi connectivity index (χ0) is 17.6. The first kappa shape index (κ1) is 17.9. The van der Waals surface area contributed by atoms with Gasteiger partial charge in [0, 0.05) is 19.5 Å². The Balaban J connectivity index is 1.72. The van der Waals surface area contributed by atoms with Gasteiger partial charge in [0.2, 0.25) is 11.8 Å². The Hall–Kier alpha value is -1.88. The summed E-state index contributed by atoms with van der Waals surface area (Å²) in [5, 5.41) is 6.34. The Morgan fingerprint density at radius 2 is 2.08 bits per heavy atom. The van der Waals surface area contributed by atoms with Gasteiger partial charge in [-0.05, 0) is 43.3 Å². The van der Waals surface area contributed by atoms with Gasteiger partial charge in [-0.2, -0.15) is 0 Å². The van der Waals surface area contributed by atoms with Crippen LogP contribution in [0.15, 0.2) is 30.3 Å². The van der Waals surface area contributed by atoms with Crippen LogP contribution in [0.4, 0.5) is 0 Å². The highest BCUT2D eigenvalue weighted by Crippen LogP contribution is 2.29. The largest absolute Gasteiger partial charge is 0.354 e. The number of nitrogens with one attached hydrogen (secondary N) is 2. The average Bonchev–Trinajstić information content (AvgIpc) is 2.84. The van der Waals surface area contributed by atoms with E-state index in [2.05, 4.69) is 17.6 Å². The molecule has 5 nitrogen and oxygen atoms in total. The summed E-state index contributed by atoms with van der Waals surface area (Å²) < 4.78 is 0. The lowest BCUT2D eigenvalue weighted by molar-refractivity contribution is -0.135. The first-order chi connectivity index (χ1) is 12.1. The lowest BCUT2D eigenvalue weighted by Gasteiger charge is -2.33. The molecule has 2 aliphatic rings. The third-order valence-electron chi connectivity index (χ3n) is 5.57. The minimum absolute atomic E-state index is 0.0219. The zero-order valence-electron chi connectivity index (χ0n) is 15.0. The molecule has 3 rings (SSSR count). The zero-order valence-corrected chi connectivity index (χ0v) is 15.0. The van der Waals surface area contributed by atoms with E-state index in [1.165, 1.54) is 12.8 Å². The predicted molar refractivity (Wildman–Crippen MR) is 97.9 cm³/mol. The van der Waals surface area contributed by atoms with E-state index in [0.29, 0.717) is 37.8 Å². The summed E-state index contributed by atoms with van der Waals surface area (Å²) >= 11 is 0. The summed E-state index contributed by atoms with van der Waals surface area (Å²) in [5.74, 6) is 1.13. The summed E-state index contributed by atoms with van der Waals surface area (Å²) in [6, 6.07) is 9.77. The van der Waals surface area contributed by atoms with E-state index in [1.54, 1.807) is 0 Å². The van der Waals surface area contributed by atoms with E-state index in [0.717, 1.165) is 18.7 Å². The summed E-state index contributed by atoms with van der Waals surface area (Å²) in [5.41, 5.74) is 1.04. The van der Waals surface area contributed by atoms with Crippen LogP contribution >= 0.6 is 0 Å². The molecule has 2 heterocycles. The highest BCUT2D eigenvalue weighted by molar-refractivity contribution is 5.81. The fourth-order valence-electron chi connectivity index (χ4n) is 4.02. The van der Waals surface area contributed by atoms with Gasteiger partial charge in [0.25, 0.3) is 0 Å². The molecule has 2 aliphatic heterocycles. The lowest BCUT2D eigenvalue weighted by atomic mass is 9.85. The van der Waals surface area contributed by atoms with Crippen molar-refractivity contribution in [1.29, 1.82) is 0 Å². The first-order valence-electron chi connectivity index (χ1n) is 9.47. The van der Waals surface area contributed by atoms with E-state index >= 15 is 0 Å². The maximum absolute atomic E-state index is 13.1. The van der Waals surface area contributed by atoms with Gasteiger partial charge in [-0.15, -0.1) is 0 Å². The third-order valence-corrected chi connectivity index (χ3v) is 5.57. The second kappa shape index (κ2) is 8.48. The molecule has 0 aliphatic carbocycles. The molecule has 2 fully saturated rings.